The van der Waals surface area contributed by atoms with Crippen LogP contribution in [-0.2, 0) is 9.59 Å². The SMILES string of the molecule is CCCCC1C2CCCCC2C(C(=O)O)C(C(=O)O)C1CC. The summed E-state index contributed by atoms with van der Waals surface area (Å²) in [5.74, 6) is -2.29. The van der Waals surface area contributed by atoms with Gasteiger partial charge in [-0.3, -0.25) is 9.59 Å². The Balaban J connectivity index is 2.38. The van der Waals surface area contributed by atoms with Gasteiger partial charge in [0.2, 0.25) is 0 Å². The summed E-state index contributed by atoms with van der Waals surface area (Å²) in [6.45, 7) is 4.19. The van der Waals surface area contributed by atoms with E-state index in [-0.39, 0.29) is 11.8 Å². The molecular weight excluding hydrogens is 280 g/mol. The van der Waals surface area contributed by atoms with Crippen LogP contribution < -0.4 is 0 Å². The highest BCUT2D eigenvalue weighted by Crippen LogP contribution is 2.54. The maximum absolute atomic E-state index is 11.9. The third-order valence-electron chi connectivity index (χ3n) is 6.22. The van der Waals surface area contributed by atoms with E-state index in [0.29, 0.717) is 11.8 Å². The summed E-state index contributed by atoms with van der Waals surface area (Å²) in [6, 6.07) is 0. The Bertz CT molecular complexity index is 406. The topological polar surface area (TPSA) is 74.6 Å². The van der Waals surface area contributed by atoms with E-state index in [1.54, 1.807) is 0 Å². The molecule has 6 unspecified atom stereocenters. The molecule has 2 N–H and O–H groups in total. The summed E-state index contributed by atoms with van der Waals surface area (Å²) in [4.78, 5) is 23.7. The molecule has 0 heterocycles. The number of carboxylic acids is 2. The maximum Gasteiger partial charge on any atom is 0.307 e. The number of hydrogen-bond acceptors (Lipinski definition) is 2. The minimum absolute atomic E-state index is 0.0181. The Morgan fingerprint density at radius 1 is 0.909 bits per heavy atom. The molecule has 4 nitrogen and oxygen atoms in total. The highest BCUT2D eigenvalue weighted by molar-refractivity contribution is 5.81. The van der Waals surface area contributed by atoms with E-state index in [1.807, 2.05) is 6.92 Å². The molecule has 0 aromatic rings. The van der Waals surface area contributed by atoms with Crippen molar-refractivity contribution < 1.29 is 19.8 Å². The van der Waals surface area contributed by atoms with Gasteiger partial charge in [0.05, 0.1) is 11.8 Å². The number of fused-ring (bicyclic) bond motifs is 1. The van der Waals surface area contributed by atoms with E-state index in [9.17, 15) is 19.8 Å². The van der Waals surface area contributed by atoms with Gasteiger partial charge in [-0.05, 0) is 42.9 Å². The van der Waals surface area contributed by atoms with Crippen LogP contribution in [0.4, 0.5) is 0 Å². The van der Waals surface area contributed by atoms with Gasteiger partial charge in [0, 0.05) is 0 Å². The summed E-state index contributed by atoms with van der Waals surface area (Å²) in [5.41, 5.74) is 0. The second-order valence-corrected chi connectivity index (χ2v) is 7.22. The highest BCUT2D eigenvalue weighted by Gasteiger charge is 2.54. The number of carboxylic acid groups (broad SMARTS) is 2. The van der Waals surface area contributed by atoms with Crippen molar-refractivity contribution in [2.24, 2.45) is 35.5 Å². The number of hydrogen-bond donors (Lipinski definition) is 2. The molecule has 0 saturated heterocycles. The number of carbonyl (C=O) groups is 2. The molecule has 0 bridgehead atoms. The average molecular weight is 310 g/mol. The Hall–Kier alpha value is -1.06. The molecule has 0 radical (unpaired) electrons. The Morgan fingerprint density at radius 3 is 2.00 bits per heavy atom. The van der Waals surface area contributed by atoms with E-state index >= 15 is 0 Å². The molecule has 22 heavy (non-hydrogen) atoms. The lowest BCUT2D eigenvalue weighted by Gasteiger charge is -2.51. The molecule has 0 amide bonds. The Morgan fingerprint density at radius 2 is 1.50 bits per heavy atom. The fraction of sp³-hybridized carbons (Fsp3) is 0.889. The first kappa shape index (κ1) is 17.3. The van der Waals surface area contributed by atoms with Gasteiger partial charge in [0.15, 0.2) is 0 Å². The van der Waals surface area contributed by atoms with Crippen molar-refractivity contribution in [2.75, 3.05) is 0 Å². The molecule has 6 atom stereocenters. The lowest BCUT2D eigenvalue weighted by molar-refractivity contribution is -0.170. The Kier molecular flexibility index (Phi) is 5.87. The van der Waals surface area contributed by atoms with E-state index < -0.39 is 23.8 Å². The molecule has 2 aliphatic rings. The van der Waals surface area contributed by atoms with Crippen molar-refractivity contribution in [2.45, 2.75) is 65.2 Å². The molecule has 0 aliphatic heterocycles. The predicted molar refractivity (Wildman–Crippen MR) is 84.5 cm³/mol. The summed E-state index contributed by atoms with van der Waals surface area (Å²) in [5, 5.41) is 19.4. The zero-order chi connectivity index (χ0) is 16.3. The maximum atomic E-state index is 11.9. The first-order valence-corrected chi connectivity index (χ1v) is 8.98. The highest BCUT2D eigenvalue weighted by atomic mass is 16.4. The van der Waals surface area contributed by atoms with Crippen molar-refractivity contribution in [3.8, 4) is 0 Å². The van der Waals surface area contributed by atoms with Crippen molar-refractivity contribution in [1.82, 2.24) is 0 Å². The normalized spacial score (nSPS) is 38.3. The van der Waals surface area contributed by atoms with Gasteiger partial charge in [-0.25, -0.2) is 0 Å². The monoisotopic (exact) mass is 310 g/mol. The van der Waals surface area contributed by atoms with Crippen molar-refractivity contribution in [3.05, 3.63) is 0 Å². The molecule has 0 aromatic carbocycles. The van der Waals surface area contributed by atoms with Gasteiger partial charge in [0.25, 0.3) is 0 Å². The molecule has 4 heteroatoms. The quantitative estimate of drug-likeness (QED) is 0.776. The molecule has 126 valence electrons. The van der Waals surface area contributed by atoms with E-state index in [0.717, 1.165) is 44.9 Å². The van der Waals surface area contributed by atoms with Crippen LogP contribution >= 0.6 is 0 Å². The number of rotatable bonds is 6. The second-order valence-electron chi connectivity index (χ2n) is 7.22. The van der Waals surface area contributed by atoms with Gasteiger partial charge in [-0.15, -0.1) is 0 Å². The Labute approximate surface area is 133 Å². The predicted octanol–water partition coefficient (Wildman–Crippen LogP) is 4.04. The lowest BCUT2D eigenvalue weighted by Crippen LogP contribution is -2.52. The van der Waals surface area contributed by atoms with E-state index in [2.05, 4.69) is 6.92 Å². The van der Waals surface area contributed by atoms with Gasteiger partial charge in [-0.1, -0.05) is 46.0 Å². The van der Waals surface area contributed by atoms with Crippen molar-refractivity contribution in [3.63, 3.8) is 0 Å². The zero-order valence-corrected chi connectivity index (χ0v) is 13.8. The molecule has 2 rings (SSSR count). The molecule has 0 spiro atoms. The third kappa shape index (κ3) is 3.16. The smallest absolute Gasteiger partial charge is 0.307 e. The lowest BCUT2D eigenvalue weighted by atomic mass is 9.52. The van der Waals surface area contributed by atoms with E-state index in [4.69, 9.17) is 0 Å². The number of aliphatic carboxylic acids is 2. The molecular formula is C18H30O4. The molecule has 2 fully saturated rings. The van der Waals surface area contributed by atoms with Crippen LogP contribution in [0.25, 0.3) is 0 Å². The first-order valence-electron chi connectivity index (χ1n) is 8.98. The average Bonchev–Trinajstić information content (AvgIpc) is 2.50. The van der Waals surface area contributed by atoms with Crippen LogP contribution in [0.5, 0.6) is 0 Å². The van der Waals surface area contributed by atoms with Crippen LogP contribution in [0, 0.1) is 35.5 Å². The van der Waals surface area contributed by atoms with Gasteiger partial charge in [0.1, 0.15) is 0 Å². The van der Waals surface area contributed by atoms with Crippen LogP contribution in [0.1, 0.15) is 65.2 Å². The minimum Gasteiger partial charge on any atom is -0.481 e. The molecule has 2 aliphatic carbocycles. The first-order chi connectivity index (χ1) is 10.5. The summed E-state index contributed by atoms with van der Waals surface area (Å²) < 4.78 is 0. The van der Waals surface area contributed by atoms with Crippen molar-refractivity contribution >= 4 is 11.9 Å². The largest absolute Gasteiger partial charge is 0.481 e. The van der Waals surface area contributed by atoms with Crippen molar-refractivity contribution in [1.29, 1.82) is 0 Å². The fourth-order valence-corrected chi connectivity index (χ4v) is 5.38. The minimum atomic E-state index is -0.898. The van der Waals surface area contributed by atoms with Gasteiger partial charge in [-0.2, -0.15) is 0 Å². The number of unbranched alkanes of at least 4 members (excludes halogenated alkanes) is 1. The van der Waals surface area contributed by atoms with Crippen LogP contribution in [0.3, 0.4) is 0 Å². The van der Waals surface area contributed by atoms with Crippen LogP contribution in [0.2, 0.25) is 0 Å². The van der Waals surface area contributed by atoms with E-state index in [1.165, 1.54) is 6.42 Å². The second kappa shape index (κ2) is 7.47. The molecule has 0 aromatic heterocycles. The summed E-state index contributed by atoms with van der Waals surface area (Å²) in [6.07, 6.45) is 8.28. The van der Waals surface area contributed by atoms with Crippen LogP contribution in [0.15, 0.2) is 0 Å². The third-order valence-corrected chi connectivity index (χ3v) is 6.22. The summed E-state index contributed by atoms with van der Waals surface area (Å²) >= 11 is 0. The summed E-state index contributed by atoms with van der Waals surface area (Å²) in [7, 11) is 0. The zero-order valence-electron chi connectivity index (χ0n) is 13.8. The molecule has 2 saturated carbocycles. The standard InChI is InChI=1S/C18H30O4/c1-3-5-8-12-11(4-2)15(17(19)20)16(18(21)22)14-10-7-6-9-13(12)14/h11-16H,3-10H2,1-2H3,(H,19,20)(H,21,22). The van der Waals surface area contributed by atoms with Gasteiger partial charge < -0.3 is 10.2 Å². The van der Waals surface area contributed by atoms with Gasteiger partial charge >= 0.3 is 11.9 Å². The fourth-order valence-electron chi connectivity index (χ4n) is 5.38. The van der Waals surface area contributed by atoms with Crippen LogP contribution in [-0.4, -0.2) is 22.2 Å².